The van der Waals surface area contributed by atoms with E-state index in [-0.39, 0.29) is 10.7 Å². The Kier molecular flexibility index (Phi) is 8.99. The van der Waals surface area contributed by atoms with Crippen LogP contribution < -0.4 is 11.4 Å². The number of hydrogen-bond acceptors (Lipinski definition) is 8. The first-order valence-electron chi connectivity index (χ1n) is 9.90. The minimum atomic E-state index is -5.08. The minimum absolute atomic E-state index is 0.168. The van der Waals surface area contributed by atoms with E-state index >= 15 is 0 Å². The molecular weight excluding hydrogens is 531 g/mol. The third-order valence-corrected chi connectivity index (χ3v) is 5.71. The van der Waals surface area contributed by atoms with Crippen molar-refractivity contribution >= 4 is 15.8 Å². The normalized spacial score (nSPS) is 11.5. The first-order valence-corrected chi connectivity index (χ1v) is 11.8. The molecular formula is C20H19F5N6O5S. The topological polar surface area (TPSA) is 163 Å². The molecule has 3 N–H and O–H groups in total. The van der Waals surface area contributed by atoms with Crippen molar-refractivity contribution in [3.8, 4) is 17.1 Å². The second-order valence-electron chi connectivity index (χ2n) is 7.34. The summed E-state index contributed by atoms with van der Waals surface area (Å²) in [4.78, 5) is 26.1. The van der Waals surface area contributed by atoms with Crippen molar-refractivity contribution < 1.29 is 40.3 Å². The van der Waals surface area contributed by atoms with Crippen LogP contribution in [0.3, 0.4) is 0 Å². The lowest BCUT2D eigenvalue weighted by molar-refractivity contribution is -0.192. The molecule has 0 bridgehead atoms. The molecule has 0 spiro atoms. The van der Waals surface area contributed by atoms with Crippen LogP contribution in [0.25, 0.3) is 17.1 Å². The van der Waals surface area contributed by atoms with E-state index < -0.39 is 52.4 Å². The number of nitrogens with two attached hydrogens (primary N) is 1. The van der Waals surface area contributed by atoms with Crippen molar-refractivity contribution in [3.05, 3.63) is 64.1 Å². The number of pyridine rings is 1. The SMILES string of the molecule is Cc1ccc(-c2ccc(S(C)(=O)=O)cc2)nc1-n1nnn(CC(CN)=C(F)F)c1=O.O=C(O)C(F)(F)F. The maximum Gasteiger partial charge on any atom is 0.490 e. The Morgan fingerprint density at radius 1 is 1.08 bits per heavy atom. The average Bonchev–Trinajstić information content (AvgIpc) is 3.16. The van der Waals surface area contributed by atoms with Crippen LogP contribution in [0, 0.1) is 6.92 Å². The number of benzene rings is 1. The monoisotopic (exact) mass is 550 g/mol. The van der Waals surface area contributed by atoms with E-state index in [0.29, 0.717) is 16.8 Å². The van der Waals surface area contributed by atoms with Crippen LogP contribution in [0.4, 0.5) is 22.0 Å². The molecule has 200 valence electrons. The van der Waals surface area contributed by atoms with Crippen molar-refractivity contribution in [3.63, 3.8) is 0 Å². The zero-order valence-electron chi connectivity index (χ0n) is 19.1. The molecule has 0 radical (unpaired) electrons. The molecule has 3 aromatic rings. The summed E-state index contributed by atoms with van der Waals surface area (Å²) in [6, 6.07) is 9.53. The highest BCUT2D eigenvalue weighted by molar-refractivity contribution is 7.90. The molecule has 37 heavy (non-hydrogen) atoms. The summed E-state index contributed by atoms with van der Waals surface area (Å²) in [7, 11) is -3.33. The van der Waals surface area contributed by atoms with Crippen molar-refractivity contribution in [2.45, 2.75) is 24.5 Å². The second kappa shape index (κ2) is 11.4. The number of alkyl halides is 3. The summed E-state index contributed by atoms with van der Waals surface area (Å²) >= 11 is 0. The fourth-order valence-electron chi connectivity index (χ4n) is 2.65. The number of aliphatic carboxylic acids is 1. The zero-order valence-corrected chi connectivity index (χ0v) is 19.9. The van der Waals surface area contributed by atoms with Gasteiger partial charge in [-0.25, -0.2) is 23.0 Å². The Bertz CT molecular complexity index is 1480. The Balaban J connectivity index is 0.000000604. The van der Waals surface area contributed by atoms with E-state index in [0.717, 1.165) is 15.6 Å². The second-order valence-corrected chi connectivity index (χ2v) is 9.35. The number of tetrazole rings is 1. The number of sulfone groups is 1. The van der Waals surface area contributed by atoms with Gasteiger partial charge in [-0.05, 0) is 41.1 Å². The number of carboxylic acids is 1. The first-order chi connectivity index (χ1) is 17.1. The van der Waals surface area contributed by atoms with Gasteiger partial charge in [0.1, 0.15) is 0 Å². The lowest BCUT2D eigenvalue weighted by atomic mass is 10.1. The van der Waals surface area contributed by atoms with Gasteiger partial charge in [0.05, 0.1) is 17.1 Å². The van der Waals surface area contributed by atoms with E-state index in [2.05, 4.69) is 15.4 Å². The maximum absolute atomic E-state index is 12.8. The summed E-state index contributed by atoms with van der Waals surface area (Å²) in [5.74, 6) is -2.58. The van der Waals surface area contributed by atoms with Gasteiger partial charge in [0.15, 0.2) is 15.7 Å². The van der Waals surface area contributed by atoms with Crippen LogP contribution in [0.1, 0.15) is 5.56 Å². The van der Waals surface area contributed by atoms with Gasteiger partial charge in [0, 0.05) is 23.9 Å². The van der Waals surface area contributed by atoms with Gasteiger partial charge in [-0.2, -0.15) is 26.6 Å². The molecule has 0 unspecified atom stereocenters. The average molecular weight is 550 g/mol. The number of halogens is 5. The highest BCUT2D eigenvalue weighted by Crippen LogP contribution is 2.22. The summed E-state index contributed by atoms with van der Waals surface area (Å²) in [5.41, 5.74) is 5.80. The van der Waals surface area contributed by atoms with Gasteiger partial charge >= 0.3 is 17.8 Å². The maximum atomic E-state index is 12.8. The molecule has 0 aliphatic rings. The van der Waals surface area contributed by atoms with E-state index in [9.17, 15) is 35.2 Å². The summed E-state index contributed by atoms with van der Waals surface area (Å²) in [6.07, 6.45) is -5.94. The highest BCUT2D eigenvalue weighted by atomic mass is 32.2. The Morgan fingerprint density at radius 3 is 2.11 bits per heavy atom. The fraction of sp³-hybridized carbons (Fsp3) is 0.250. The Labute approximate surface area is 205 Å². The van der Waals surface area contributed by atoms with Crippen molar-refractivity contribution in [1.82, 2.24) is 24.8 Å². The van der Waals surface area contributed by atoms with E-state index in [4.69, 9.17) is 15.6 Å². The molecule has 0 saturated heterocycles. The standard InChI is InChI=1S/C18H18F2N6O3S.C2HF3O2/c1-11-3-8-15(12-4-6-14(7-5-12)30(2,28)29)22-17(11)26-18(27)25(23-24-26)10-13(9-21)16(19)20;3-2(4,5)1(6)7/h3-8H,9-10,21H2,1-2H3;(H,6,7). The summed E-state index contributed by atoms with van der Waals surface area (Å²) < 4.78 is 82.3. The molecule has 11 nitrogen and oxygen atoms in total. The number of carbonyl (C=O) groups is 1. The molecule has 1 aromatic carbocycles. The largest absolute Gasteiger partial charge is 0.490 e. The number of nitrogens with zero attached hydrogens (tertiary/aromatic N) is 5. The van der Waals surface area contributed by atoms with E-state index in [1.807, 2.05) is 0 Å². The first kappa shape index (κ1) is 29.2. The van der Waals surface area contributed by atoms with Gasteiger partial charge in [0.25, 0.3) is 6.08 Å². The lowest BCUT2D eigenvalue weighted by Crippen LogP contribution is -2.27. The van der Waals surface area contributed by atoms with Crippen LogP contribution in [-0.4, -0.2) is 63.2 Å². The van der Waals surface area contributed by atoms with Gasteiger partial charge < -0.3 is 10.8 Å². The number of aryl methyl sites for hydroxylation is 1. The zero-order chi connectivity index (χ0) is 28.1. The smallest absolute Gasteiger partial charge is 0.475 e. The van der Waals surface area contributed by atoms with Crippen molar-refractivity contribution in [2.75, 3.05) is 12.8 Å². The number of aromatic nitrogens is 5. The van der Waals surface area contributed by atoms with E-state index in [1.165, 1.54) is 12.1 Å². The van der Waals surface area contributed by atoms with Gasteiger partial charge in [-0.3, -0.25) is 0 Å². The molecule has 0 saturated carbocycles. The molecule has 2 aromatic heterocycles. The molecule has 0 aliphatic heterocycles. The van der Waals surface area contributed by atoms with Gasteiger partial charge in [0.2, 0.25) is 0 Å². The predicted molar refractivity (Wildman–Crippen MR) is 119 cm³/mol. The van der Waals surface area contributed by atoms with E-state index in [1.54, 1.807) is 31.2 Å². The molecule has 17 heteroatoms. The predicted octanol–water partition coefficient (Wildman–Crippen LogP) is 1.95. The van der Waals surface area contributed by atoms with Crippen LogP contribution in [-0.2, 0) is 21.2 Å². The van der Waals surface area contributed by atoms with Gasteiger partial charge in [-0.15, -0.1) is 4.68 Å². The third kappa shape index (κ3) is 7.50. The van der Waals surface area contributed by atoms with Crippen LogP contribution in [0.2, 0.25) is 0 Å². The Hall–Kier alpha value is -3.99. The lowest BCUT2D eigenvalue weighted by Gasteiger charge is -2.07. The highest BCUT2D eigenvalue weighted by Gasteiger charge is 2.38. The van der Waals surface area contributed by atoms with Crippen LogP contribution >= 0.6 is 0 Å². The number of rotatable bonds is 6. The third-order valence-electron chi connectivity index (χ3n) is 4.59. The fourth-order valence-corrected chi connectivity index (χ4v) is 3.29. The van der Waals surface area contributed by atoms with Crippen molar-refractivity contribution in [1.29, 1.82) is 0 Å². The van der Waals surface area contributed by atoms with Gasteiger partial charge in [-0.1, -0.05) is 18.2 Å². The van der Waals surface area contributed by atoms with Crippen molar-refractivity contribution in [2.24, 2.45) is 5.73 Å². The van der Waals surface area contributed by atoms with Crippen LogP contribution in [0.5, 0.6) is 0 Å². The minimum Gasteiger partial charge on any atom is -0.475 e. The molecule has 0 amide bonds. The number of hydrogen-bond donors (Lipinski definition) is 2. The molecule has 0 fully saturated rings. The molecule has 0 atom stereocenters. The quantitative estimate of drug-likeness (QED) is 0.437. The molecule has 0 aliphatic carbocycles. The Morgan fingerprint density at radius 2 is 1.65 bits per heavy atom. The molecule has 2 heterocycles. The summed E-state index contributed by atoms with van der Waals surface area (Å²) in [6.45, 7) is 0.804. The number of carboxylic acid groups (broad SMARTS) is 1. The summed E-state index contributed by atoms with van der Waals surface area (Å²) in [5, 5.41) is 14.5. The van der Waals surface area contributed by atoms with Crippen LogP contribution in [0.15, 0.2) is 57.7 Å². The molecule has 3 rings (SSSR count).